The van der Waals surface area contributed by atoms with E-state index in [0.29, 0.717) is 0 Å². The predicted octanol–water partition coefficient (Wildman–Crippen LogP) is 13.3. The fourth-order valence-corrected chi connectivity index (χ4v) is 14.2. The van der Waals surface area contributed by atoms with Crippen LogP contribution in [-0.4, -0.2) is 24.6 Å². The molecule has 0 spiro atoms. The molecule has 0 saturated carbocycles. The van der Waals surface area contributed by atoms with Gasteiger partial charge in [-0.05, 0) is 0 Å². The summed E-state index contributed by atoms with van der Waals surface area (Å²) in [5.74, 6) is 0. The molecule has 0 nitrogen and oxygen atoms in total. The summed E-state index contributed by atoms with van der Waals surface area (Å²) in [6.07, 6.45) is 41.0. The van der Waals surface area contributed by atoms with Gasteiger partial charge in [0.15, 0.2) is 0 Å². The number of hydrogen-bond donors (Lipinski definition) is 0. The van der Waals surface area contributed by atoms with Crippen LogP contribution in [0.5, 0.6) is 0 Å². The maximum atomic E-state index is 4.74. The van der Waals surface area contributed by atoms with Crippen molar-refractivity contribution in [3.8, 4) is 0 Å². The second-order valence-corrected chi connectivity index (χ2v) is 23.2. The van der Waals surface area contributed by atoms with Gasteiger partial charge >= 0.3 is 227 Å². The second-order valence-electron chi connectivity index (χ2n) is 11.8. The third-order valence-electron chi connectivity index (χ3n) is 8.28. The van der Waals surface area contributed by atoms with Crippen LogP contribution in [0.2, 0.25) is 0 Å². The van der Waals surface area contributed by atoms with Crippen LogP contribution in [0.4, 0.5) is 0 Å². The van der Waals surface area contributed by atoms with E-state index in [0.717, 1.165) is 0 Å². The van der Waals surface area contributed by atoms with Crippen LogP contribution in [0.25, 0.3) is 0 Å². The second kappa shape index (κ2) is 24.3. The topological polar surface area (TPSA) is 0 Å². The molecule has 0 bridgehead atoms. The number of unbranched alkanes of at least 4 members (excludes halogenated alkanes) is 20. The number of rotatable bonds is 28. The van der Waals surface area contributed by atoms with Crippen molar-refractivity contribution in [1.82, 2.24) is 0 Å². The van der Waals surface area contributed by atoms with Crippen molar-refractivity contribution in [2.45, 2.75) is 182 Å². The molecule has 0 amide bonds. The van der Waals surface area contributed by atoms with Crippen molar-refractivity contribution < 1.29 is 0 Å². The molecule has 0 heterocycles. The minimum atomic E-state index is -1.75. The maximum absolute atomic E-state index is 4.74. The van der Waals surface area contributed by atoms with Crippen LogP contribution in [0.1, 0.15) is 182 Å². The molecule has 0 aromatic rings. The van der Waals surface area contributed by atoms with Gasteiger partial charge in [-0.15, -0.1) is 0 Å². The molecular weight excluding hydrogens is 495 g/mol. The molecule has 0 radical (unpaired) electrons. The Balaban J connectivity index is 4.88. The average molecular weight is 564 g/mol. The Morgan fingerprint density at radius 3 is 0.676 bits per heavy atom. The first-order chi connectivity index (χ1) is 16.5. The molecule has 2 heteroatoms. The SMILES string of the molecule is CCCCCCCCCCCP(Br)(CCCCCCC)(CCCCCCC)CCCCCCC. The number of halogens is 1. The minimum absolute atomic E-state index is 1.37. The quantitative estimate of drug-likeness (QED) is 0.0656. The monoisotopic (exact) mass is 562 g/mol. The Morgan fingerprint density at radius 1 is 0.294 bits per heavy atom. The molecule has 0 atom stereocenters. The van der Waals surface area contributed by atoms with E-state index in [2.05, 4.69) is 27.7 Å². The summed E-state index contributed by atoms with van der Waals surface area (Å²) in [7, 11) is 0. The van der Waals surface area contributed by atoms with Crippen LogP contribution >= 0.6 is 20.8 Å². The van der Waals surface area contributed by atoms with Crippen molar-refractivity contribution in [2.75, 3.05) is 24.6 Å². The molecule has 208 valence electrons. The first-order valence-electron chi connectivity index (χ1n) is 16.3. The van der Waals surface area contributed by atoms with Crippen molar-refractivity contribution in [2.24, 2.45) is 0 Å². The van der Waals surface area contributed by atoms with Crippen LogP contribution in [0.15, 0.2) is 0 Å². The predicted molar refractivity (Wildman–Crippen MR) is 169 cm³/mol. The van der Waals surface area contributed by atoms with E-state index in [4.69, 9.17) is 15.5 Å². The van der Waals surface area contributed by atoms with Gasteiger partial charge < -0.3 is 0 Å². The van der Waals surface area contributed by atoms with Crippen LogP contribution < -0.4 is 0 Å². The molecule has 0 aliphatic rings. The average Bonchev–Trinajstić information content (AvgIpc) is 2.83. The summed E-state index contributed by atoms with van der Waals surface area (Å²) in [5.41, 5.74) is 0. The van der Waals surface area contributed by atoms with E-state index in [1.807, 2.05) is 0 Å². The summed E-state index contributed by atoms with van der Waals surface area (Å²) in [6.45, 7) is 9.37. The zero-order valence-corrected chi connectivity index (χ0v) is 27.1. The molecule has 0 rings (SSSR count). The van der Waals surface area contributed by atoms with Crippen molar-refractivity contribution in [3.63, 3.8) is 0 Å². The van der Waals surface area contributed by atoms with Gasteiger partial charge in [0.25, 0.3) is 0 Å². The molecule has 0 unspecified atom stereocenters. The van der Waals surface area contributed by atoms with Gasteiger partial charge in [-0.2, -0.15) is 0 Å². The molecule has 0 aromatic heterocycles. The Morgan fingerprint density at radius 2 is 0.471 bits per heavy atom. The van der Waals surface area contributed by atoms with Gasteiger partial charge in [0.1, 0.15) is 0 Å². The molecule has 0 saturated heterocycles. The summed E-state index contributed by atoms with van der Waals surface area (Å²) in [4.78, 5) is 0. The summed E-state index contributed by atoms with van der Waals surface area (Å²) in [6, 6.07) is 0. The summed E-state index contributed by atoms with van der Waals surface area (Å²) >= 11 is 4.74. The van der Waals surface area contributed by atoms with E-state index in [-0.39, 0.29) is 0 Å². The molecular formula is C32H68BrP. The van der Waals surface area contributed by atoms with Crippen molar-refractivity contribution in [1.29, 1.82) is 0 Å². The third-order valence-corrected chi connectivity index (χ3v) is 18.3. The van der Waals surface area contributed by atoms with Crippen molar-refractivity contribution >= 4 is 20.8 Å². The number of hydrogen-bond acceptors (Lipinski definition) is 0. The van der Waals surface area contributed by atoms with Gasteiger partial charge in [0.05, 0.1) is 0 Å². The first-order valence-corrected chi connectivity index (χ1v) is 21.3. The molecule has 0 N–H and O–H groups in total. The van der Waals surface area contributed by atoms with Gasteiger partial charge in [0.2, 0.25) is 0 Å². The first kappa shape index (κ1) is 34.9. The molecule has 0 fully saturated rings. The summed E-state index contributed by atoms with van der Waals surface area (Å²) in [5, 5.41) is -1.75. The van der Waals surface area contributed by atoms with E-state index < -0.39 is 5.31 Å². The van der Waals surface area contributed by atoms with Crippen LogP contribution in [-0.2, 0) is 0 Å². The Hall–Kier alpha value is 0.910. The van der Waals surface area contributed by atoms with Crippen LogP contribution in [0, 0.1) is 0 Å². The fourth-order valence-electron chi connectivity index (χ4n) is 5.82. The summed E-state index contributed by atoms with van der Waals surface area (Å²) < 4.78 is 0. The zero-order valence-electron chi connectivity index (χ0n) is 24.6. The van der Waals surface area contributed by atoms with Crippen LogP contribution in [0.3, 0.4) is 0 Å². The standard InChI is InChI=1S/C32H68BrP/c1-5-9-13-17-18-19-20-24-28-32-34(33,29-25-21-14-10-6-2,30-26-22-15-11-7-3)31-27-23-16-12-8-4/h5-32H2,1-4H3. The fraction of sp³-hybridized carbons (Fsp3) is 1.00. The van der Waals surface area contributed by atoms with Gasteiger partial charge in [0, 0.05) is 0 Å². The molecule has 0 aromatic carbocycles. The van der Waals surface area contributed by atoms with Gasteiger partial charge in [-0.3, -0.25) is 0 Å². The zero-order chi connectivity index (χ0) is 25.2. The Kier molecular flexibility index (Phi) is 24.9. The van der Waals surface area contributed by atoms with Gasteiger partial charge in [-0.1, -0.05) is 0 Å². The Bertz CT molecular complexity index is 369. The van der Waals surface area contributed by atoms with Gasteiger partial charge in [-0.25, -0.2) is 0 Å². The molecule has 0 aliphatic carbocycles. The Labute approximate surface area is 226 Å². The van der Waals surface area contributed by atoms with E-state index in [1.165, 1.54) is 154 Å². The third kappa shape index (κ3) is 20.0. The van der Waals surface area contributed by atoms with E-state index in [1.54, 1.807) is 24.6 Å². The molecule has 34 heavy (non-hydrogen) atoms. The van der Waals surface area contributed by atoms with E-state index in [9.17, 15) is 0 Å². The molecule has 0 aliphatic heterocycles. The van der Waals surface area contributed by atoms with E-state index >= 15 is 0 Å². The van der Waals surface area contributed by atoms with Crippen molar-refractivity contribution in [3.05, 3.63) is 0 Å². The normalized spacial score (nSPS) is 13.3.